The van der Waals surface area contributed by atoms with E-state index in [1.165, 1.54) is 6.07 Å². The smallest absolute Gasteiger partial charge is 0.337 e. The second kappa shape index (κ2) is 4.56. The van der Waals surface area contributed by atoms with E-state index in [1.54, 1.807) is 19.1 Å². The lowest BCUT2D eigenvalue weighted by atomic mass is 10.1. The summed E-state index contributed by atoms with van der Waals surface area (Å²) < 4.78 is 0. The van der Waals surface area contributed by atoms with Crippen molar-refractivity contribution in [3.05, 3.63) is 23.8 Å². The van der Waals surface area contributed by atoms with Gasteiger partial charge in [-0.1, -0.05) is 0 Å². The van der Waals surface area contributed by atoms with Gasteiger partial charge in [-0.25, -0.2) is 4.79 Å². The second-order valence-electron chi connectivity index (χ2n) is 4.24. The van der Waals surface area contributed by atoms with Crippen molar-refractivity contribution in [3.8, 4) is 0 Å². The fourth-order valence-corrected chi connectivity index (χ4v) is 2.04. The molecule has 1 unspecified atom stereocenters. The Morgan fingerprint density at radius 2 is 2.28 bits per heavy atom. The van der Waals surface area contributed by atoms with Crippen LogP contribution in [0.5, 0.6) is 0 Å². The zero-order chi connectivity index (χ0) is 13.3. The van der Waals surface area contributed by atoms with Crippen LogP contribution in [0.15, 0.2) is 18.2 Å². The zero-order valence-corrected chi connectivity index (χ0v) is 10.0. The van der Waals surface area contributed by atoms with Crippen molar-refractivity contribution in [2.45, 2.75) is 13.0 Å². The number of hydrogen-bond acceptors (Lipinski definition) is 4. The first-order chi connectivity index (χ1) is 8.50. The molecule has 4 N–H and O–H groups in total. The maximum absolute atomic E-state index is 11.6. The maximum Gasteiger partial charge on any atom is 0.337 e. The molecule has 1 heterocycles. The molecular weight excluding hydrogens is 234 g/mol. The number of piperazine rings is 1. The first-order valence-electron chi connectivity index (χ1n) is 5.68. The summed E-state index contributed by atoms with van der Waals surface area (Å²) in [6.45, 7) is 2.98. The van der Waals surface area contributed by atoms with E-state index in [-0.39, 0.29) is 23.2 Å². The van der Waals surface area contributed by atoms with Crippen molar-refractivity contribution in [1.29, 1.82) is 0 Å². The Kier molecular flexibility index (Phi) is 3.10. The van der Waals surface area contributed by atoms with Crippen LogP contribution < -0.4 is 16.0 Å². The third-order valence-corrected chi connectivity index (χ3v) is 3.10. The van der Waals surface area contributed by atoms with Gasteiger partial charge in [-0.05, 0) is 25.1 Å². The molecular formula is C12H15N3O3. The number of carboxylic acid groups (broad SMARTS) is 1. The summed E-state index contributed by atoms with van der Waals surface area (Å²) >= 11 is 0. The molecule has 6 nitrogen and oxygen atoms in total. The molecule has 0 saturated carbocycles. The summed E-state index contributed by atoms with van der Waals surface area (Å²) in [5.74, 6) is -1.13. The molecule has 2 rings (SSSR count). The highest BCUT2D eigenvalue weighted by Crippen LogP contribution is 2.23. The highest BCUT2D eigenvalue weighted by atomic mass is 16.4. The third kappa shape index (κ3) is 2.09. The fourth-order valence-electron chi connectivity index (χ4n) is 2.04. The third-order valence-electron chi connectivity index (χ3n) is 3.10. The van der Waals surface area contributed by atoms with Crippen LogP contribution >= 0.6 is 0 Å². The average molecular weight is 249 g/mol. The van der Waals surface area contributed by atoms with Crippen molar-refractivity contribution < 1.29 is 14.7 Å². The Bertz CT molecular complexity index is 501. The van der Waals surface area contributed by atoms with Gasteiger partial charge in [0.25, 0.3) is 0 Å². The lowest BCUT2D eigenvalue weighted by Gasteiger charge is -2.34. The van der Waals surface area contributed by atoms with Crippen molar-refractivity contribution in [1.82, 2.24) is 5.32 Å². The van der Waals surface area contributed by atoms with Gasteiger partial charge < -0.3 is 21.1 Å². The summed E-state index contributed by atoms with van der Waals surface area (Å²) in [5.41, 5.74) is 6.58. The van der Waals surface area contributed by atoms with Crippen LogP contribution in [0.2, 0.25) is 0 Å². The van der Waals surface area contributed by atoms with Gasteiger partial charge in [-0.2, -0.15) is 0 Å². The molecule has 0 aromatic heterocycles. The molecule has 18 heavy (non-hydrogen) atoms. The van der Waals surface area contributed by atoms with Gasteiger partial charge >= 0.3 is 5.97 Å². The highest BCUT2D eigenvalue weighted by molar-refractivity contribution is 5.95. The molecule has 1 aliphatic rings. The number of aromatic carboxylic acids is 1. The molecule has 1 saturated heterocycles. The normalized spacial score (nSPS) is 19.5. The lowest BCUT2D eigenvalue weighted by Crippen LogP contribution is -2.54. The monoisotopic (exact) mass is 249 g/mol. The van der Waals surface area contributed by atoms with Gasteiger partial charge in [0.05, 0.1) is 5.56 Å². The number of carbonyl (C=O) groups is 2. The van der Waals surface area contributed by atoms with Crippen LogP contribution in [0.25, 0.3) is 0 Å². The second-order valence-corrected chi connectivity index (χ2v) is 4.24. The quantitative estimate of drug-likeness (QED) is 0.655. The number of hydrogen-bond donors (Lipinski definition) is 3. The number of rotatable bonds is 2. The molecule has 0 radical (unpaired) electrons. The molecule has 1 amide bonds. The standard InChI is InChI=1S/C12H15N3O3/c1-7-11(16)14-4-5-15(7)8-2-3-10(13)9(6-8)12(17)18/h2-3,6-7H,4-5,13H2,1H3,(H,14,16)(H,17,18). The number of nitrogen functional groups attached to an aromatic ring is 1. The molecule has 96 valence electrons. The molecule has 0 aliphatic carbocycles. The van der Waals surface area contributed by atoms with Crippen molar-refractivity contribution in [3.63, 3.8) is 0 Å². The number of nitrogens with two attached hydrogens (primary N) is 1. The van der Waals surface area contributed by atoms with Crippen molar-refractivity contribution in [2.24, 2.45) is 0 Å². The minimum absolute atomic E-state index is 0.0602. The first kappa shape index (κ1) is 12.2. The van der Waals surface area contributed by atoms with Gasteiger partial charge in [-0.15, -0.1) is 0 Å². The Morgan fingerprint density at radius 3 is 2.94 bits per heavy atom. The average Bonchev–Trinajstić information content (AvgIpc) is 2.33. The number of amides is 1. The van der Waals surface area contributed by atoms with Crippen LogP contribution in [0.4, 0.5) is 11.4 Å². The summed E-state index contributed by atoms with van der Waals surface area (Å²) in [7, 11) is 0. The van der Waals surface area contributed by atoms with Crippen molar-refractivity contribution in [2.75, 3.05) is 23.7 Å². The van der Waals surface area contributed by atoms with E-state index in [9.17, 15) is 9.59 Å². The Morgan fingerprint density at radius 1 is 1.56 bits per heavy atom. The van der Waals surface area contributed by atoms with Crippen molar-refractivity contribution >= 4 is 23.3 Å². The van der Waals surface area contributed by atoms with Gasteiger partial charge in [0.1, 0.15) is 6.04 Å². The van der Waals surface area contributed by atoms with E-state index in [0.29, 0.717) is 18.8 Å². The van der Waals surface area contributed by atoms with E-state index < -0.39 is 5.97 Å². The van der Waals surface area contributed by atoms with Crippen LogP contribution in [-0.4, -0.2) is 36.1 Å². The minimum Gasteiger partial charge on any atom is -0.478 e. The zero-order valence-electron chi connectivity index (χ0n) is 10.0. The van der Waals surface area contributed by atoms with E-state index in [0.717, 1.165) is 0 Å². The summed E-state index contributed by atoms with van der Waals surface area (Å²) in [4.78, 5) is 24.5. The summed E-state index contributed by atoms with van der Waals surface area (Å²) in [5, 5.41) is 11.8. The predicted octanol–water partition coefficient (Wildman–Crippen LogP) is 0.292. The predicted molar refractivity (Wildman–Crippen MR) is 67.6 cm³/mol. The number of nitrogens with one attached hydrogen (secondary N) is 1. The fraction of sp³-hybridized carbons (Fsp3) is 0.333. The molecule has 1 aromatic rings. The Labute approximate surface area is 104 Å². The maximum atomic E-state index is 11.6. The van der Waals surface area contributed by atoms with Crippen LogP contribution in [0.3, 0.4) is 0 Å². The molecule has 1 aliphatic heterocycles. The SMILES string of the molecule is CC1C(=O)NCCN1c1ccc(N)c(C(=O)O)c1. The Hall–Kier alpha value is -2.24. The van der Waals surface area contributed by atoms with Gasteiger partial charge in [0, 0.05) is 24.5 Å². The largest absolute Gasteiger partial charge is 0.478 e. The number of anilines is 2. The van der Waals surface area contributed by atoms with E-state index >= 15 is 0 Å². The molecule has 6 heteroatoms. The summed E-state index contributed by atoms with van der Waals surface area (Å²) in [6, 6.07) is 4.48. The lowest BCUT2D eigenvalue weighted by molar-refractivity contribution is -0.122. The van der Waals surface area contributed by atoms with Gasteiger partial charge in [0.15, 0.2) is 0 Å². The van der Waals surface area contributed by atoms with Crippen LogP contribution in [0.1, 0.15) is 17.3 Å². The minimum atomic E-state index is -1.07. The van der Waals surface area contributed by atoms with Crippen LogP contribution in [-0.2, 0) is 4.79 Å². The number of benzene rings is 1. The molecule has 0 bridgehead atoms. The topological polar surface area (TPSA) is 95.7 Å². The Balaban J connectivity index is 2.36. The molecule has 1 atom stereocenters. The van der Waals surface area contributed by atoms with Gasteiger partial charge in [0.2, 0.25) is 5.91 Å². The van der Waals surface area contributed by atoms with E-state index in [2.05, 4.69) is 5.32 Å². The molecule has 1 aromatic carbocycles. The van der Waals surface area contributed by atoms with E-state index in [1.807, 2.05) is 4.90 Å². The number of carbonyl (C=O) groups excluding carboxylic acids is 1. The van der Waals surface area contributed by atoms with Gasteiger partial charge in [-0.3, -0.25) is 4.79 Å². The number of nitrogens with zero attached hydrogens (tertiary/aromatic N) is 1. The molecule has 0 spiro atoms. The highest BCUT2D eigenvalue weighted by Gasteiger charge is 2.26. The first-order valence-corrected chi connectivity index (χ1v) is 5.68. The van der Waals surface area contributed by atoms with E-state index in [4.69, 9.17) is 10.8 Å². The molecule has 1 fully saturated rings. The van der Waals surface area contributed by atoms with Crippen LogP contribution in [0, 0.1) is 0 Å². The number of carboxylic acids is 1. The summed E-state index contributed by atoms with van der Waals surface area (Å²) in [6.07, 6.45) is 0.